The monoisotopic (exact) mass is 477 g/mol. The van der Waals surface area contributed by atoms with Gasteiger partial charge in [-0.25, -0.2) is 8.60 Å². The average molecular weight is 478 g/mol. The maximum absolute atomic E-state index is 13.7. The molecule has 6 nitrogen and oxygen atoms in total. The van der Waals surface area contributed by atoms with E-state index in [9.17, 15) is 18.2 Å². The highest BCUT2D eigenvalue weighted by Gasteiger charge is 2.32. The molecule has 2 heterocycles. The molecule has 3 aromatic rings. The molecule has 0 radical (unpaired) electrons. The standard InChI is InChI=1S/C26H24FN3O3S/c1-28-12-14-29(15-13-28)25(31)19-8-11-24-22(16-19)30(17-18-6-9-20(27)10-7-18)26(32)21-4-2-3-5-23(21)34(24)33/h2-11,16H,12-15,17H2,1H3/t34-/m0/s1. The Kier molecular flexibility index (Phi) is 6.02. The van der Waals surface area contributed by atoms with Gasteiger partial charge in [-0.15, -0.1) is 0 Å². The van der Waals surface area contributed by atoms with Gasteiger partial charge in [0.1, 0.15) is 5.82 Å². The van der Waals surface area contributed by atoms with Gasteiger partial charge >= 0.3 is 0 Å². The Bertz CT molecular complexity index is 1290. The van der Waals surface area contributed by atoms with Crippen molar-refractivity contribution in [2.45, 2.75) is 16.3 Å². The summed E-state index contributed by atoms with van der Waals surface area (Å²) in [4.78, 5) is 33.3. The van der Waals surface area contributed by atoms with Gasteiger partial charge in [0, 0.05) is 31.7 Å². The van der Waals surface area contributed by atoms with Gasteiger partial charge < -0.3 is 14.7 Å². The van der Waals surface area contributed by atoms with Crippen molar-refractivity contribution < 1.29 is 18.2 Å². The maximum Gasteiger partial charge on any atom is 0.259 e. The molecule has 5 rings (SSSR count). The van der Waals surface area contributed by atoms with Crippen LogP contribution in [-0.2, 0) is 17.3 Å². The molecule has 2 aliphatic heterocycles. The molecule has 0 spiro atoms. The van der Waals surface area contributed by atoms with Crippen LogP contribution in [0.25, 0.3) is 0 Å². The van der Waals surface area contributed by atoms with E-state index >= 15 is 0 Å². The summed E-state index contributed by atoms with van der Waals surface area (Å²) in [5.41, 5.74) is 1.96. The topological polar surface area (TPSA) is 60.9 Å². The minimum absolute atomic E-state index is 0.113. The van der Waals surface area contributed by atoms with Gasteiger partial charge in [-0.2, -0.15) is 0 Å². The Hall–Kier alpha value is -3.36. The number of amides is 2. The van der Waals surface area contributed by atoms with Crippen LogP contribution in [0.3, 0.4) is 0 Å². The molecule has 0 bridgehead atoms. The van der Waals surface area contributed by atoms with Gasteiger partial charge in [0.05, 0.1) is 38.4 Å². The lowest BCUT2D eigenvalue weighted by atomic mass is 10.1. The van der Waals surface area contributed by atoms with Crippen molar-refractivity contribution in [3.63, 3.8) is 0 Å². The Morgan fingerprint density at radius 2 is 1.65 bits per heavy atom. The second-order valence-corrected chi connectivity index (χ2v) is 9.98. The Morgan fingerprint density at radius 3 is 2.38 bits per heavy atom. The number of fused-ring (bicyclic) bond motifs is 2. The van der Waals surface area contributed by atoms with Gasteiger partial charge in [-0.05, 0) is 55.1 Å². The number of piperazine rings is 1. The highest BCUT2D eigenvalue weighted by Crippen LogP contribution is 2.36. The summed E-state index contributed by atoms with van der Waals surface area (Å²) >= 11 is 0. The van der Waals surface area contributed by atoms with E-state index in [1.807, 2.05) is 7.05 Å². The lowest BCUT2D eigenvalue weighted by Crippen LogP contribution is -2.47. The number of anilines is 1. The van der Waals surface area contributed by atoms with E-state index in [1.165, 1.54) is 17.0 Å². The SMILES string of the molecule is CN1CCN(C(=O)c2ccc3c(c2)N(Cc2ccc(F)cc2)C(=O)c2ccccc2[S@@]3=O)CC1. The minimum atomic E-state index is -1.60. The molecule has 0 aliphatic carbocycles. The predicted molar refractivity (Wildman–Crippen MR) is 128 cm³/mol. The summed E-state index contributed by atoms with van der Waals surface area (Å²) in [6.45, 7) is 3.00. The van der Waals surface area contributed by atoms with E-state index in [0.717, 1.165) is 18.7 Å². The lowest BCUT2D eigenvalue weighted by molar-refractivity contribution is 0.0663. The molecule has 1 atom stereocenters. The summed E-state index contributed by atoms with van der Waals surface area (Å²) in [7, 11) is 0.428. The molecule has 3 aromatic carbocycles. The summed E-state index contributed by atoms with van der Waals surface area (Å²) < 4.78 is 27.0. The Morgan fingerprint density at radius 1 is 0.941 bits per heavy atom. The fraction of sp³-hybridized carbons (Fsp3) is 0.231. The van der Waals surface area contributed by atoms with Crippen LogP contribution in [0.15, 0.2) is 76.5 Å². The van der Waals surface area contributed by atoms with Crippen molar-refractivity contribution in [1.29, 1.82) is 0 Å². The zero-order valence-corrected chi connectivity index (χ0v) is 19.6. The largest absolute Gasteiger partial charge is 0.336 e. The van der Waals surface area contributed by atoms with E-state index in [2.05, 4.69) is 4.90 Å². The van der Waals surface area contributed by atoms with Crippen molar-refractivity contribution in [2.75, 3.05) is 38.1 Å². The summed E-state index contributed by atoms with van der Waals surface area (Å²) in [5.74, 6) is -0.785. The molecule has 0 unspecified atom stereocenters. The molecule has 0 N–H and O–H groups in total. The van der Waals surface area contributed by atoms with Gasteiger partial charge in [0.25, 0.3) is 11.8 Å². The molecule has 174 valence electrons. The zero-order valence-electron chi connectivity index (χ0n) is 18.7. The van der Waals surface area contributed by atoms with E-state index in [4.69, 9.17) is 0 Å². The van der Waals surface area contributed by atoms with Crippen LogP contribution in [0, 0.1) is 5.82 Å². The number of carbonyl (C=O) groups is 2. The normalized spacial score (nSPS) is 18.3. The molecular weight excluding hydrogens is 453 g/mol. The Labute approximate surface area is 200 Å². The highest BCUT2D eigenvalue weighted by molar-refractivity contribution is 7.85. The molecule has 1 fully saturated rings. The van der Waals surface area contributed by atoms with E-state index in [1.54, 1.807) is 59.5 Å². The molecule has 0 saturated carbocycles. The number of hydrogen-bond donors (Lipinski definition) is 0. The van der Waals surface area contributed by atoms with Gasteiger partial charge in [0.2, 0.25) is 0 Å². The number of halogens is 1. The number of carbonyl (C=O) groups excluding carboxylic acids is 2. The van der Waals surface area contributed by atoms with Crippen LogP contribution in [0.1, 0.15) is 26.3 Å². The lowest BCUT2D eigenvalue weighted by Gasteiger charge is -2.32. The first-order valence-corrected chi connectivity index (χ1v) is 12.3. The van der Waals surface area contributed by atoms with Gasteiger partial charge in [-0.3, -0.25) is 9.59 Å². The first kappa shape index (κ1) is 22.4. The highest BCUT2D eigenvalue weighted by atomic mass is 32.2. The molecule has 2 amide bonds. The number of likely N-dealkylation sites (N-methyl/N-ethyl adjacent to an activating group) is 1. The van der Waals surface area contributed by atoms with Crippen molar-refractivity contribution in [1.82, 2.24) is 9.80 Å². The second-order valence-electron chi connectivity index (χ2n) is 8.56. The molecule has 34 heavy (non-hydrogen) atoms. The van der Waals surface area contributed by atoms with Crippen molar-refractivity contribution in [2.24, 2.45) is 0 Å². The molecule has 1 saturated heterocycles. The van der Waals surface area contributed by atoms with Gasteiger partial charge in [0.15, 0.2) is 0 Å². The third-order valence-corrected chi connectivity index (χ3v) is 7.80. The third-order valence-electron chi connectivity index (χ3n) is 6.30. The van der Waals surface area contributed by atoms with Crippen molar-refractivity contribution in [3.05, 3.63) is 89.2 Å². The molecule has 0 aromatic heterocycles. The smallest absolute Gasteiger partial charge is 0.259 e. The van der Waals surface area contributed by atoms with Crippen molar-refractivity contribution in [3.8, 4) is 0 Å². The summed E-state index contributed by atoms with van der Waals surface area (Å²) in [6, 6.07) is 17.8. The predicted octanol–water partition coefficient (Wildman–Crippen LogP) is 3.54. The van der Waals surface area contributed by atoms with Crippen LogP contribution >= 0.6 is 0 Å². The summed E-state index contributed by atoms with van der Waals surface area (Å²) in [6.07, 6.45) is 0. The van der Waals surface area contributed by atoms with Crippen LogP contribution in [0.2, 0.25) is 0 Å². The number of nitrogens with zero attached hydrogens (tertiary/aromatic N) is 3. The zero-order chi connectivity index (χ0) is 23.8. The van der Waals surface area contributed by atoms with E-state index in [-0.39, 0.29) is 24.2 Å². The minimum Gasteiger partial charge on any atom is -0.336 e. The quantitative estimate of drug-likeness (QED) is 0.579. The first-order valence-electron chi connectivity index (χ1n) is 11.1. The number of rotatable bonds is 3. The van der Waals surface area contributed by atoms with Crippen LogP contribution < -0.4 is 4.90 Å². The molecule has 2 aliphatic rings. The maximum atomic E-state index is 13.7. The van der Waals surface area contributed by atoms with E-state index < -0.39 is 10.8 Å². The fourth-order valence-corrected chi connectivity index (χ4v) is 5.66. The van der Waals surface area contributed by atoms with Crippen LogP contribution in [0.5, 0.6) is 0 Å². The second kappa shape index (κ2) is 9.12. The summed E-state index contributed by atoms with van der Waals surface area (Å²) in [5, 5.41) is 0. The van der Waals surface area contributed by atoms with Crippen LogP contribution in [-0.4, -0.2) is 59.0 Å². The Balaban J connectivity index is 1.59. The van der Waals surface area contributed by atoms with Crippen molar-refractivity contribution >= 4 is 28.3 Å². The molecule has 8 heteroatoms. The van der Waals surface area contributed by atoms with Crippen LogP contribution in [0.4, 0.5) is 10.1 Å². The fourth-order valence-electron chi connectivity index (χ4n) is 4.32. The van der Waals surface area contributed by atoms with E-state index in [0.29, 0.717) is 39.7 Å². The average Bonchev–Trinajstić information content (AvgIpc) is 2.95. The third kappa shape index (κ3) is 4.15. The number of hydrogen-bond acceptors (Lipinski definition) is 4. The first-order chi connectivity index (χ1) is 16.4. The molecular formula is C26H24FN3O3S. The van der Waals surface area contributed by atoms with Gasteiger partial charge in [-0.1, -0.05) is 24.3 Å². The number of benzene rings is 3.